The first-order chi connectivity index (χ1) is 8.97. The SMILES string of the molecule is CCC1(C)CN(C(C)c2ccsc2)C(C(C)C)CN1. The van der Waals surface area contributed by atoms with Crippen molar-refractivity contribution in [3.05, 3.63) is 22.4 Å². The van der Waals surface area contributed by atoms with Gasteiger partial charge in [-0.15, -0.1) is 0 Å². The van der Waals surface area contributed by atoms with Crippen molar-refractivity contribution in [1.82, 2.24) is 10.2 Å². The number of rotatable bonds is 4. The van der Waals surface area contributed by atoms with E-state index < -0.39 is 0 Å². The van der Waals surface area contributed by atoms with Crippen LogP contribution < -0.4 is 5.32 Å². The average molecular weight is 280 g/mol. The van der Waals surface area contributed by atoms with Crippen molar-refractivity contribution < 1.29 is 0 Å². The Bertz CT molecular complexity index is 387. The molecule has 1 aromatic rings. The number of nitrogens with zero attached hydrogens (tertiary/aromatic N) is 1. The molecule has 108 valence electrons. The van der Waals surface area contributed by atoms with Gasteiger partial charge in [-0.2, -0.15) is 11.3 Å². The lowest BCUT2D eigenvalue weighted by molar-refractivity contribution is 0.0297. The van der Waals surface area contributed by atoms with E-state index in [1.807, 2.05) is 0 Å². The van der Waals surface area contributed by atoms with E-state index in [4.69, 9.17) is 0 Å². The molecule has 2 rings (SSSR count). The molecule has 1 aromatic heterocycles. The van der Waals surface area contributed by atoms with E-state index in [0.717, 1.165) is 13.1 Å². The summed E-state index contributed by atoms with van der Waals surface area (Å²) in [5, 5.41) is 8.26. The molecule has 0 amide bonds. The minimum absolute atomic E-state index is 0.260. The van der Waals surface area contributed by atoms with Gasteiger partial charge in [0.25, 0.3) is 0 Å². The summed E-state index contributed by atoms with van der Waals surface area (Å²) < 4.78 is 0. The largest absolute Gasteiger partial charge is 0.309 e. The standard InChI is InChI=1S/C16H28N2S/c1-6-16(5)11-18(15(9-17-16)12(2)3)13(4)14-7-8-19-10-14/h7-8,10,12-13,15,17H,6,9,11H2,1-5H3. The van der Waals surface area contributed by atoms with Gasteiger partial charge < -0.3 is 5.32 Å². The third-order valence-electron chi connectivity index (χ3n) is 4.77. The Morgan fingerprint density at radius 3 is 2.74 bits per heavy atom. The highest BCUT2D eigenvalue weighted by Crippen LogP contribution is 2.31. The molecule has 3 atom stereocenters. The van der Waals surface area contributed by atoms with Gasteiger partial charge in [-0.25, -0.2) is 0 Å². The van der Waals surface area contributed by atoms with Gasteiger partial charge in [-0.1, -0.05) is 20.8 Å². The number of thiophene rings is 1. The molecule has 2 nitrogen and oxygen atoms in total. The third-order valence-corrected chi connectivity index (χ3v) is 5.47. The lowest BCUT2D eigenvalue weighted by Gasteiger charge is -2.50. The Balaban J connectivity index is 2.20. The van der Waals surface area contributed by atoms with Crippen LogP contribution in [0.3, 0.4) is 0 Å². The van der Waals surface area contributed by atoms with Gasteiger partial charge in [-0.3, -0.25) is 4.90 Å². The normalized spacial score (nSPS) is 30.7. The van der Waals surface area contributed by atoms with E-state index in [9.17, 15) is 0 Å². The molecule has 1 saturated heterocycles. The van der Waals surface area contributed by atoms with Gasteiger partial charge >= 0.3 is 0 Å². The number of nitrogens with one attached hydrogen (secondary N) is 1. The van der Waals surface area contributed by atoms with E-state index in [1.54, 1.807) is 11.3 Å². The Morgan fingerprint density at radius 2 is 2.21 bits per heavy atom. The number of hydrogen-bond acceptors (Lipinski definition) is 3. The lowest BCUT2D eigenvalue weighted by atomic mass is 9.88. The molecule has 0 radical (unpaired) electrons. The van der Waals surface area contributed by atoms with Crippen LogP contribution in [0.2, 0.25) is 0 Å². The predicted molar refractivity (Wildman–Crippen MR) is 84.8 cm³/mol. The highest BCUT2D eigenvalue weighted by atomic mass is 32.1. The highest BCUT2D eigenvalue weighted by Gasteiger charge is 2.38. The monoisotopic (exact) mass is 280 g/mol. The zero-order valence-corrected chi connectivity index (χ0v) is 13.8. The second-order valence-electron chi connectivity index (χ2n) is 6.51. The molecule has 0 aliphatic carbocycles. The second kappa shape index (κ2) is 5.94. The molecule has 0 spiro atoms. The van der Waals surface area contributed by atoms with Crippen LogP contribution >= 0.6 is 11.3 Å². The average Bonchev–Trinajstić information content (AvgIpc) is 2.91. The van der Waals surface area contributed by atoms with Crippen LogP contribution in [0.5, 0.6) is 0 Å². The maximum Gasteiger partial charge on any atom is 0.0332 e. The molecule has 0 bridgehead atoms. The molecule has 1 aliphatic rings. The van der Waals surface area contributed by atoms with Gasteiger partial charge in [0.2, 0.25) is 0 Å². The maximum atomic E-state index is 3.77. The molecule has 1 N–H and O–H groups in total. The molecule has 0 aromatic carbocycles. The minimum atomic E-state index is 0.260. The molecule has 19 heavy (non-hydrogen) atoms. The number of hydrogen-bond donors (Lipinski definition) is 1. The van der Waals surface area contributed by atoms with Gasteiger partial charge in [0, 0.05) is 30.7 Å². The Kier molecular flexibility index (Phi) is 4.70. The fraction of sp³-hybridized carbons (Fsp3) is 0.750. The number of piperazine rings is 1. The quantitative estimate of drug-likeness (QED) is 0.899. The van der Waals surface area contributed by atoms with Crippen LogP contribution in [0.25, 0.3) is 0 Å². The maximum absolute atomic E-state index is 3.77. The predicted octanol–water partition coefficient (Wildman–Crippen LogP) is 3.91. The van der Waals surface area contributed by atoms with Crippen molar-refractivity contribution >= 4 is 11.3 Å². The van der Waals surface area contributed by atoms with Crippen LogP contribution in [0.15, 0.2) is 16.8 Å². The summed E-state index contributed by atoms with van der Waals surface area (Å²) in [6, 6.07) is 3.43. The van der Waals surface area contributed by atoms with E-state index in [2.05, 4.69) is 61.7 Å². The molecular weight excluding hydrogens is 252 g/mol. The summed E-state index contributed by atoms with van der Waals surface area (Å²) in [6.07, 6.45) is 1.19. The van der Waals surface area contributed by atoms with Crippen molar-refractivity contribution in [2.75, 3.05) is 13.1 Å². The highest BCUT2D eigenvalue weighted by molar-refractivity contribution is 7.07. The molecule has 1 aliphatic heterocycles. The van der Waals surface area contributed by atoms with Crippen LogP contribution in [0.4, 0.5) is 0 Å². The molecule has 2 heterocycles. The first-order valence-electron chi connectivity index (χ1n) is 7.49. The fourth-order valence-electron chi connectivity index (χ4n) is 3.03. The lowest BCUT2D eigenvalue weighted by Crippen LogP contribution is -2.64. The summed E-state index contributed by atoms with van der Waals surface area (Å²) in [5.74, 6) is 0.690. The summed E-state index contributed by atoms with van der Waals surface area (Å²) in [4.78, 5) is 2.72. The second-order valence-corrected chi connectivity index (χ2v) is 7.29. The van der Waals surface area contributed by atoms with Gasteiger partial charge in [0.1, 0.15) is 0 Å². The van der Waals surface area contributed by atoms with Crippen molar-refractivity contribution in [1.29, 1.82) is 0 Å². The molecule has 3 heteroatoms. The van der Waals surface area contributed by atoms with Gasteiger partial charge in [0.05, 0.1) is 0 Å². The Labute approximate surface area is 122 Å². The first-order valence-corrected chi connectivity index (χ1v) is 8.44. The van der Waals surface area contributed by atoms with Crippen molar-refractivity contribution in [3.8, 4) is 0 Å². The molecule has 1 fully saturated rings. The van der Waals surface area contributed by atoms with E-state index in [-0.39, 0.29) is 5.54 Å². The smallest absolute Gasteiger partial charge is 0.0332 e. The first kappa shape index (κ1) is 15.0. The van der Waals surface area contributed by atoms with Gasteiger partial charge in [0.15, 0.2) is 0 Å². The summed E-state index contributed by atoms with van der Waals surface area (Å²) in [5.41, 5.74) is 1.73. The van der Waals surface area contributed by atoms with Crippen molar-refractivity contribution in [2.45, 2.75) is 58.7 Å². The fourth-order valence-corrected chi connectivity index (χ4v) is 3.78. The topological polar surface area (TPSA) is 15.3 Å². The Morgan fingerprint density at radius 1 is 1.47 bits per heavy atom. The Hall–Kier alpha value is -0.380. The summed E-state index contributed by atoms with van der Waals surface area (Å²) >= 11 is 1.80. The van der Waals surface area contributed by atoms with Crippen LogP contribution in [-0.4, -0.2) is 29.6 Å². The molecule has 3 unspecified atom stereocenters. The molecular formula is C16H28N2S. The van der Waals surface area contributed by atoms with Crippen LogP contribution in [-0.2, 0) is 0 Å². The van der Waals surface area contributed by atoms with E-state index in [0.29, 0.717) is 18.0 Å². The van der Waals surface area contributed by atoms with Crippen LogP contribution in [0, 0.1) is 5.92 Å². The minimum Gasteiger partial charge on any atom is -0.309 e. The molecule has 0 saturated carbocycles. The van der Waals surface area contributed by atoms with Crippen molar-refractivity contribution in [2.24, 2.45) is 5.92 Å². The van der Waals surface area contributed by atoms with E-state index in [1.165, 1.54) is 12.0 Å². The van der Waals surface area contributed by atoms with Crippen LogP contribution in [0.1, 0.15) is 52.6 Å². The van der Waals surface area contributed by atoms with Gasteiger partial charge in [-0.05, 0) is 48.6 Å². The summed E-state index contributed by atoms with van der Waals surface area (Å²) in [6.45, 7) is 13.9. The third kappa shape index (κ3) is 3.21. The zero-order valence-electron chi connectivity index (χ0n) is 12.9. The van der Waals surface area contributed by atoms with E-state index >= 15 is 0 Å². The zero-order chi connectivity index (χ0) is 14.0. The summed E-state index contributed by atoms with van der Waals surface area (Å²) in [7, 11) is 0. The van der Waals surface area contributed by atoms with Crippen molar-refractivity contribution in [3.63, 3.8) is 0 Å².